The van der Waals surface area contributed by atoms with Gasteiger partial charge in [0.1, 0.15) is 0 Å². The average Bonchev–Trinajstić information content (AvgIpc) is 2.50. The fraction of sp³-hybridized carbons (Fsp3) is 0.222. The number of nitrogens with zero attached hydrogens (tertiary/aromatic N) is 1. The lowest BCUT2D eigenvalue weighted by Gasteiger charge is -2.03. The van der Waals surface area contributed by atoms with Crippen molar-refractivity contribution >= 4 is 12.1 Å². The molecule has 3 nitrogen and oxygen atoms in total. The van der Waals surface area contributed by atoms with Gasteiger partial charge in [0.2, 0.25) is 0 Å². The SMILES string of the molecule is Cc1ccc(C(=O)N/N=C\CCc2ccccc2)cc1C. The van der Waals surface area contributed by atoms with Crippen LogP contribution in [-0.4, -0.2) is 12.1 Å². The molecule has 0 saturated carbocycles. The van der Waals surface area contributed by atoms with Gasteiger partial charge in [-0.1, -0.05) is 36.4 Å². The molecule has 0 aliphatic rings. The largest absolute Gasteiger partial charge is 0.271 e. The molecule has 2 aromatic carbocycles. The van der Waals surface area contributed by atoms with Crippen LogP contribution in [0.25, 0.3) is 0 Å². The molecule has 0 aliphatic heterocycles. The highest BCUT2D eigenvalue weighted by Gasteiger charge is 2.04. The molecule has 0 unspecified atom stereocenters. The average molecular weight is 280 g/mol. The molecule has 0 bridgehead atoms. The third-order valence-electron chi connectivity index (χ3n) is 3.43. The standard InChI is InChI=1S/C18H20N2O/c1-14-10-11-17(13-15(14)2)18(21)20-19-12-6-9-16-7-4-3-5-8-16/h3-5,7-8,10-13H,6,9H2,1-2H3,(H,20,21)/b19-12-. The maximum Gasteiger partial charge on any atom is 0.271 e. The van der Waals surface area contributed by atoms with Gasteiger partial charge in [-0.3, -0.25) is 4.79 Å². The topological polar surface area (TPSA) is 41.5 Å². The van der Waals surface area contributed by atoms with E-state index in [-0.39, 0.29) is 5.91 Å². The molecule has 1 amide bonds. The summed E-state index contributed by atoms with van der Waals surface area (Å²) in [6.45, 7) is 4.02. The molecule has 2 aromatic rings. The first kappa shape index (κ1) is 15.0. The molecule has 1 N–H and O–H groups in total. The molecule has 3 heteroatoms. The second kappa shape index (κ2) is 7.39. The van der Waals surface area contributed by atoms with Crippen molar-refractivity contribution in [3.63, 3.8) is 0 Å². The van der Waals surface area contributed by atoms with E-state index in [4.69, 9.17) is 0 Å². The van der Waals surface area contributed by atoms with E-state index < -0.39 is 0 Å². The highest BCUT2D eigenvalue weighted by atomic mass is 16.2. The van der Waals surface area contributed by atoms with Crippen LogP contribution in [0.1, 0.15) is 33.5 Å². The molecule has 0 atom stereocenters. The van der Waals surface area contributed by atoms with Gasteiger partial charge in [0.15, 0.2) is 0 Å². The number of aryl methyl sites for hydroxylation is 3. The van der Waals surface area contributed by atoms with Crippen molar-refractivity contribution in [3.05, 3.63) is 70.8 Å². The van der Waals surface area contributed by atoms with E-state index in [0.29, 0.717) is 5.56 Å². The van der Waals surface area contributed by atoms with Gasteiger partial charge in [0.25, 0.3) is 5.91 Å². The van der Waals surface area contributed by atoms with Crippen LogP contribution in [0, 0.1) is 13.8 Å². The number of amides is 1. The number of rotatable bonds is 5. The Hall–Kier alpha value is -2.42. The molecule has 0 radical (unpaired) electrons. The van der Waals surface area contributed by atoms with E-state index in [9.17, 15) is 4.79 Å². The van der Waals surface area contributed by atoms with E-state index in [0.717, 1.165) is 18.4 Å². The van der Waals surface area contributed by atoms with Gasteiger partial charge in [-0.25, -0.2) is 5.43 Å². The number of benzene rings is 2. The number of hydrogen-bond acceptors (Lipinski definition) is 2. The van der Waals surface area contributed by atoms with Crippen LogP contribution >= 0.6 is 0 Å². The maximum atomic E-state index is 11.9. The molecule has 0 heterocycles. The molecule has 0 spiro atoms. The van der Waals surface area contributed by atoms with Gasteiger partial charge in [0, 0.05) is 11.8 Å². The monoisotopic (exact) mass is 280 g/mol. The first-order chi connectivity index (χ1) is 10.2. The van der Waals surface area contributed by atoms with Gasteiger partial charge in [-0.2, -0.15) is 5.10 Å². The summed E-state index contributed by atoms with van der Waals surface area (Å²) >= 11 is 0. The lowest BCUT2D eigenvalue weighted by molar-refractivity contribution is 0.0955. The first-order valence-corrected chi connectivity index (χ1v) is 7.10. The minimum absolute atomic E-state index is 0.172. The second-order valence-electron chi connectivity index (χ2n) is 5.08. The molecule has 0 aromatic heterocycles. The zero-order valence-corrected chi connectivity index (χ0v) is 12.5. The van der Waals surface area contributed by atoms with Crippen molar-refractivity contribution in [2.24, 2.45) is 5.10 Å². The van der Waals surface area contributed by atoms with E-state index in [1.807, 2.05) is 50.2 Å². The first-order valence-electron chi connectivity index (χ1n) is 7.10. The van der Waals surface area contributed by atoms with Gasteiger partial charge >= 0.3 is 0 Å². The Morgan fingerprint density at radius 1 is 1.10 bits per heavy atom. The van der Waals surface area contributed by atoms with Crippen LogP contribution in [0.15, 0.2) is 53.6 Å². The summed E-state index contributed by atoms with van der Waals surface area (Å²) < 4.78 is 0. The summed E-state index contributed by atoms with van der Waals surface area (Å²) in [7, 11) is 0. The Balaban J connectivity index is 1.80. The van der Waals surface area contributed by atoms with Crippen LogP contribution in [0.5, 0.6) is 0 Å². The minimum Gasteiger partial charge on any atom is -0.267 e. The van der Waals surface area contributed by atoms with Crippen LogP contribution in [0.4, 0.5) is 0 Å². The third kappa shape index (κ3) is 4.56. The van der Waals surface area contributed by atoms with Crippen molar-refractivity contribution < 1.29 is 4.79 Å². The number of hydrogen-bond donors (Lipinski definition) is 1. The molecular weight excluding hydrogens is 260 g/mol. The van der Waals surface area contributed by atoms with Crippen molar-refractivity contribution in [2.45, 2.75) is 26.7 Å². The Morgan fingerprint density at radius 3 is 2.57 bits per heavy atom. The number of nitrogens with one attached hydrogen (secondary N) is 1. The van der Waals surface area contributed by atoms with E-state index in [2.05, 4.69) is 22.7 Å². The number of hydrazone groups is 1. The molecule has 0 saturated heterocycles. The zero-order valence-electron chi connectivity index (χ0n) is 12.5. The number of carbonyl (C=O) groups excluding carboxylic acids is 1. The summed E-state index contributed by atoms with van der Waals surface area (Å²) in [5, 5.41) is 3.99. The Labute approximate surface area is 125 Å². The van der Waals surface area contributed by atoms with Crippen LogP contribution in [0.3, 0.4) is 0 Å². The molecule has 108 valence electrons. The molecule has 0 aliphatic carbocycles. The third-order valence-corrected chi connectivity index (χ3v) is 3.43. The smallest absolute Gasteiger partial charge is 0.267 e. The fourth-order valence-corrected chi connectivity index (χ4v) is 1.99. The maximum absolute atomic E-state index is 11.9. The zero-order chi connectivity index (χ0) is 15.1. The molecule has 2 rings (SSSR count). The second-order valence-corrected chi connectivity index (χ2v) is 5.08. The number of carbonyl (C=O) groups is 1. The summed E-state index contributed by atoms with van der Waals surface area (Å²) in [6, 6.07) is 15.9. The van der Waals surface area contributed by atoms with Gasteiger partial charge in [0.05, 0.1) is 0 Å². The van der Waals surface area contributed by atoms with Gasteiger partial charge < -0.3 is 0 Å². The minimum atomic E-state index is -0.172. The lowest BCUT2D eigenvalue weighted by Crippen LogP contribution is -2.17. The predicted molar refractivity (Wildman–Crippen MR) is 86.6 cm³/mol. The summed E-state index contributed by atoms with van der Waals surface area (Å²) in [5.74, 6) is -0.172. The van der Waals surface area contributed by atoms with Crippen LogP contribution in [0.2, 0.25) is 0 Å². The lowest BCUT2D eigenvalue weighted by atomic mass is 10.1. The van der Waals surface area contributed by atoms with E-state index in [1.165, 1.54) is 11.1 Å². The quantitative estimate of drug-likeness (QED) is 0.659. The van der Waals surface area contributed by atoms with Gasteiger partial charge in [-0.15, -0.1) is 0 Å². The Bertz CT molecular complexity index is 633. The van der Waals surface area contributed by atoms with Crippen molar-refractivity contribution in [1.29, 1.82) is 0 Å². The Morgan fingerprint density at radius 2 is 1.86 bits per heavy atom. The fourth-order valence-electron chi connectivity index (χ4n) is 1.99. The van der Waals surface area contributed by atoms with Gasteiger partial charge in [-0.05, 0) is 55.5 Å². The predicted octanol–water partition coefficient (Wildman–Crippen LogP) is 3.65. The summed E-state index contributed by atoms with van der Waals surface area (Å²) in [4.78, 5) is 11.9. The molecule has 21 heavy (non-hydrogen) atoms. The highest BCUT2D eigenvalue weighted by molar-refractivity contribution is 5.94. The normalized spacial score (nSPS) is 10.8. The molecule has 0 fully saturated rings. The highest BCUT2D eigenvalue weighted by Crippen LogP contribution is 2.09. The van der Waals surface area contributed by atoms with E-state index >= 15 is 0 Å². The molecular formula is C18H20N2O. The van der Waals surface area contributed by atoms with Crippen LogP contribution in [-0.2, 0) is 6.42 Å². The van der Waals surface area contributed by atoms with Crippen molar-refractivity contribution in [3.8, 4) is 0 Å². The van der Waals surface area contributed by atoms with Crippen molar-refractivity contribution in [2.75, 3.05) is 0 Å². The summed E-state index contributed by atoms with van der Waals surface area (Å²) in [5.41, 5.74) is 6.75. The van der Waals surface area contributed by atoms with Crippen LogP contribution < -0.4 is 5.43 Å². The van der Waals surface area contributed by atoms with E-state index in [1.54, 1.807) is 6.21 Å². The van der Waals surface area contributed by atoms with Crippen molar-refractivity contribution in [1.82, 2.24) is 5.43 Å². The Kier molecular flexibility index (Phi) is 5.27. The summed E-state index contributed by atoms with van der Waals surface area (Å²) in [6.07, 6.45) is 3.47.